The van der Waals surface area contributed by atoms with Gasteiger partial charge >= 0.3 is 0 Å². The molecule has 0 amide bonds. The highest BCUT2D eigenvalue weighted by molar-refractivity contribution is 9.10. The summed E-state index contributed by atoms with van der Waals surface area (Å²) in [6, 6.07) is 7.72. The zero-order valence-electron chi connectivity index (χ0n) is 20.3. The largest absolute Gasteiger partial charge is 0.489 e. The minimum absolute atomic E-state index is 0.154. The first kappa shape index (κ1) is 28.5. The first-order valence-corrected chi connectivity index (χ1v) is 15.3. The predicted octanol–water partition coefficient (Wildman–Crippen LogP) is 5.56. The van der Waals surface area contributed by atoms with E-state index in [-0.39, 0.29) is 5.78 Å². The van der Waals surface area contributed by atoms with Crippen LogP contribution in [0.25, 0.3) is 10.1 Å². The molecule has 8 nitrogen and oxygen atoms in total. The Labute approximate surface area is 224 Å². The average molecular weight is 599 g/mol. The number of hydrogen-bond donors (Lipinski definition) is 2. The summed E-state index contributed by atoms with van der Waals surface area (Å²) in [6.07, 6.45) is 8.74. The number of fused-ring (bicyclic) bond motifs is 1. The maximum atomic E-state index is 12.9. The van der Waals surface area contributed by atoms with Gasteiger partial charge in [0.2, 0.25) is 0 Å². The number of benzene rings is 1. The van der Waals surface area contributed by atoms with E-state index in [1.807, 2.05) is 29.6 Å². The molecule has 2 aromatic heterocycles. The second kappa shape index (κ2) is 13.5. The number of thiophene rings is 1. The summed E-state index contributed by atoms with van der Waals surface area (Å²) < 4.78 is 33.7. The third-order valence-corrected chi connectivity index (χ3v) is 7.38. The molecule has 1 aromatic carbocycles. The van der Waals surface area contributed by atoms with Crippen LogP contribution in [-0.4, -0.2) is 54.5 Å². The van der Waals surface area contributed by atoms with Crippen LogP contribution in [0, 0.1) is 0 Å². The van der Waals surface area contributed by atoms with E-state index < -0.39 is 10.1 Å². The number of rotatable bonds is 10. The molecule has 0 atom stereocenters. The van der Waals surface area contributed by atoms with Crippen LogP contribution in [0.1, 0.15) is 54.4 Å². The number of Topliss-reactive ketones (excluding diaryl/α,β-unsaturated/α-hetero) is 1. The predicted molar refractivity (Wildman–Crippen MR) is 148 cm³/mol. The van der Waals surface area contributed by atoms with E-state index in [1.165, 1.54) is 32.4 Å². The Morgan fingerprint density at radius 2 is 1.86 bits per heavy atom. The number of hydrogen-bond acceptors (Lipinski definition) is 8. The molecule has 0 saturated carbocycles. The number of ketones is 1. The third kappa shape index (κ3) is 9.11. The summed E-state index contributed by atoms with van der Waals surface area (Å²) in [5.74, 6) is 1.39. The summed E-state index contributed by atoms with van der Waals surface area (Å²) in [4.78, 5) is 19.7. The number of carbonyl (C=O) groups is 1. The first-order chi connectivity index (χ1) is 17.1. The van der Waals surface area contributed by atoms with Crippen molar-refractivity contribution < 1.29 is 22.5 Å². The molecule has 1 aliphatic heterocycles. The number of unbranched alkanes of at least 4 members (excludes halogenated alkanes) is 2. The molecular formula is C25H32BrN3O5S2. The standard InChI is InChI=1S/C24H28BrN3O2S.CH4O3S/c25-18-7-9-19(10-8-18)30-15-17-16-31-23-20(14-27-24(26)22(17)23)21(29)6-2-1-3-11-28-12-4-5-13-28;1-5(2,3)4/h7-10,14,16H,1-6,11-13,15H2,(H2,26,27);1H3,(H,2,3,4). The van der Waals surface area contributed by atoms with E-state index in [9.17, 15) is 13.2 Å². The zero-order valence-corrected chi connectivity index (χ0v) is 23.5. The average Bonchev–Trinajstić information content (AvgIpc) is 3.48. The molecule has 1 aliphatic rings. The van der Waals surface area contributed by atoms with Crippen LogP contribution in [-0.2, 0) is 16.7 Å². The van der Waals surface area contributed by atoms with Crippen LogP contribution in [0.5, 0.6) is 5.75 Å². The Balaban J connectivity index is 0.000000658. The smallest absolute Gasteiger partial charge is 0.261 e. The highest BCUT2D eigenvalue weighted by atomic mass is 79.9. The molecular weight excluding hydrogens is 566 g/mol. The molecule has 11 heteroatoms. The molecule has 0 aliphatic carbocycles. The van der Waals surface area contributed by atoms with Gasteiger partial charge in [-0.3, -0.25) is 9.35 Å². The molecule has 3 aromatic rings. The molecule has 36 heavy (non-hydrogen) atoms. The van der Waals surface area contributed by atoms with Crippen molar-refractivity contribution in [3.05, 3.63) is 51.4 Å². The highest BCUT2D eigenvalue weighted by Gasteiger charge is 2.18. The number of pyridine rings is 1. The van der Waals surface area contributed by atoms with Crippen molar-refractivity contribution in [2.24, 2.45) is 0 Å². The highest BCUT2D eigenvalue weighted by Crippen LogP contribution is 2.34. The molecule has 0 bridgehead atoms. The lowest BCUT2D eigenvalue weighted by Gasteiger charge is -2.13. The van der Waals surface area contributed by atoms with Gasteiger partial charge in [-0.15, -0.1) is 11.3 Å². The van der Waals surface area contributed by atoms with Crippen molar-refractivity contribution in [1.82, 2.24) is 9.88 Å². The van der Waals surface area contributed by atoms with E-state index in [0.717, 1.165) is 45.3 Å². The van der Waals surface area contributed by atoms with Gasteiger partial charge in [0.25, 0.3) is 10.1 Å². The topological polar surface area (TPSA) is 123 Å². The van der Waals surface area contributed by atoms with Crippen molar-refractivity contribution in [2.45, 2.75) is 45.1 Å². The van der Waals surface area contributed by atoms with Crippen molar-refractivity contribution in [1.29, 1.82) is 0 Å². The van der Waals surface area contributed by atoms with Gasteiger partial charge in [-0.05, 0) is 75.0 Å². The van der Waals surface area contributed by atoms with E-state index in [1.54, 1.807) is 17.5 Å². The number of ether oxygens (including phenoxy) is 1. The van der Waals surface area contributed by atoms with Crippen LogP contribution < -0.4 is 10.5 Å². The number of aromatic nitrogens is 1. The summed E-state index contributed by atoms with van der Waals surface area (Å²) in [6.45, 7) is 4.02. The zero-order chi connectivity index (χ0) is 26.1. The second-order valence-corrected chi connectivity index (χ2v) is 12.0. The van der Waals surface area contributed by atoms with Crippen molar-refractivity contribution in [3.63, 3.8) is 0 Å². The Bertz CT molecular complexity index is 1250. The van der Waals surface area contributed by atoms with Gasteiger partial charge in [0.15, 0.2) is 5.78 Å². The van der Waals surface area contributed by atoms with E-state index >= 15 is 0 Å². The number of nitrogens with two attached hydrogens (primary N) is 1. The van der Waals surface area contributed by atoms with Gasteiger partial charge in [0, 0.05) is 28.0 Å². The Morgan fingerprint density at radius 3 is 2.53 bits per heavy atom. The lowest BCUT2D eigenvalue weighted by Crippen LogP contribution is -2.20. The number of likely N-dealkylation sites (tertiary alicyclic amines) is 1. The van der Waals surface area contributed by atoms with E-state index in [0.29, 0.717) is 30.7 Å². The van der Waals surface area contributed by atoms with Gasteiger partial charge in [-0.25, -0.2) is 4.98 Å². The summed E-state index contributed by atoms with van der Waals surface area (Å²) in [5.41, 5.74) is 7.83. The molecule has 196 valence electrons. The Hall–Kier alpha value is -2.05. The van der Waals surface area contributed by atoms with E-state index in [2.05, 4.69) is 25.8 Å². The maximum absolute atomic E-state index is 12.9. The normalized spacial score (nSPS) is 14.0. The lowest BCUT2D eigenvalue weighted by molar-refractivity contribution is 0.0980. The van der Waals surface area contributed by atoms with E-state index in [4.69, 9.17) is 15.0 Å². The fourth-order valence-corrected chi connectivity index (χ4v) is 5.42. The minimum atomic E-state index is -3.67. The van der Waals surface area contributed by atoms with Crippen molar-refractivity contribution in [3.8, 4) is 5.75 Å². The molecule has 1 fully saturated rings. The fourth-order valence-electron chi connectivity index (χ4n) is 4.07. The quantitative estimate of drug-likeness (QED) is 0.177. The molecule has 3 heterocycles. The molecule has 1 saturated heterocycles. The fraction of sp³-hybridized carbons (Fsp3) is 0.440. The summed E-state index contributed by atoms with van der Waals surface area (Å²) in [5, 5.41) is 2.87. The third-order valence-electron chi connectivity index (χ3n) is 5.79. The molecule has 0 unspecified atom stereocenters. The minimum Gasteiger partial charge on any atom is -0.489 e. The number of nitrogens with zero attached hydrogens (tertiary/aromatic N) is 2. The summed E-state index contributed by atoms with van der Waals surface area (Å²) >= 11 is 4.97. The van der Waals surface area contributed by atoms with Crippen LogP contribution in [0.4, 0.5) is 5.82 Å². The Morgan fingerprint density at radius 1 is 1.19 bits per heavy atom. The molecule has 0 spiro atoms. The molecule has 0 radical (unpaired) electrons. The number of nitrogen functional groups attached to an aromatic ring is 1. The molecule has 4 rings (SSSR count). The van der Waals surface area contributed by atoms with Crippen molar-refractivity contribution in [2.75, 3.05) is 31.6 Å². The second-order valence-electron chi connectivity index (χ2n) is 8.78. The van der Waals surface area contributed by atoms with Gasteiger partial charge in [-0.1, -0.05) is 22.4 Å². The number of carbonyl (C=O) groups excluding carboxylic acids is 1. The van der Waals surface area contributed by atoms with Gasteiger partial charge in [0.1, 0.15) is 18.2 Å². The van der Waals surface area contributed by atoms with Gasteiger partial charge in [0.05, 0.1) is 16.5 Å². The number of anilines is 1. The lowest BCUT2D eigenvalue weighted by atomic mass is 10.0. The maximum Gasteiger partial charge on any atom is 0.261 e. The van der Waals surface area contributed by atoms with Crippen molar-refractivity contribution >= 4 is 59.1 Å². The molecule has 3 N–H and O–H groups in total. The van der Waals surface area contributed by atoms with Crippen LogP contribution in [0.3, 0.4) is 0 Å². The Kier molecular flexibility index (Phi) is 10.7. The summed E-state index contributed by atoms with van der Waals surface area (Å²) in [7, 11) is -3.67. The van der Waals surface area contributed by atoms with Crippen LogP contribution in [0.2, 0.25) is 0 Å². The SMILES string of the molecule is CS(=O)(=O)O.Nc1ncc(C(=O)CCCCCN2CCCC2)c2scc(COc3ccc(Br)cc3)c12. The van der Waals surface area contributed by atoms with Crippen LogP contribution in [0.15, 0.2) is 40.3 Å². The monoisotopic (exact) mass is 597 g/mol. The van der Waals surface area contributed by atoms with Gasteiger partial charge in [-0.2, -0.15) is 8.42 Å². The number of halogens is 1. The van der Waals surface area contributed by atoms with Gasteiger partial charge < -0.3 is 15.4 Å². The van der Waals surface area contributed by atoms with Crippen LogP contribution >= 0.6 is 27.3 Å². The first-order valence-electron chi connectivity index (χ1n) is 11.8.